The summed E-state index contributed by atoms with van der Waals surface area (Å²) in [7, 11) is 0. The number of phenolic OH excluding ortho intramolecular Hbond substituents is 1. The Morgan fingerprint density at radius 1 is 1.21 bits per heavy atom. The number of nitrogens with one attached hydrogen (secondary N) is 1. The molecule has 2 rings (SSSR count). The smallest absolute Gasteiger partial charge is 0.255 e. The van der Waals surface area contributed by atoms with Crippen LogP contribution in [0.3, 0.4) is 0 Å². The zero-order chi connectivity index (χ0) is 14.0. The van der Waals surface area contributed by atoms with Crippen molar-refractivity contribution in [1.82, 2.24) is 0 Å². The number of benzene rings is 2. The zero-order valence-electron chi connectivity index (χ0n) is 10.9. The molecule has 98 valence electrons. The van der Waals surface area contributed by atoms with Crippen molar-refractivity contribution in [1.29, 1.82) is 0 Å². The van der Waals surface area contributed by atoms with Gasteiger partial charge >= 0.3 is 0 Å². The monoisotopic (exact) mass is 256 g/mol. The molecule has 19 heavy (non-hydrogen) atoms. The van der Waals surface area contributed by atoms with Crippen LogP contribution in [-0.4, -0.2) is 11.0 Å². The second kappa shape index (κ2) is 5.02. The first kappa shape index (κ1) is 13.0. The number of hydrogen-bond acceptors (Lipinski definition) is 3. The maximum Gasteiger partial charge on any atom is 0.255 e. The van der Waals surface area contributed by atoms with Gasteiger partial charge in [-0.25, -0.2) is 0 Å². The molecule has 4 heteroatoms. The van der Waals surface area contributed by atoms with Gasteiger partial charge in [0.15, 0.2) is 0 Å². The summed E-state index contributed by atoms with van der Waals surface area (Å²) in [6.45, 7) is 3.63. The highest BCUT2D eigenvalue weighted by Gasteiger charge is 2.11. The lowest BCUT2D eigenvalue weighted by molar-refractivity contribution is 0.102. The van der Waals surface area contributed by atoms with Gasteiger partial charge in [-0.15, -0.1) is 0 Å². The van der Waals surface area contributed by atoms with Crippen LogP contribution in [0.2, 0.25) is 0 Å². The second-order valence-electron chi connectivity index (χ2n) is 4.47. The van der Waals surface area contributed by atoms with E-state index in [0.717, 1.165) is 11.1 Å². The maximum atomic E-state index is 12.2. The van der Waals surface area contributed by atoms with Gasteiger partial charge in [0.2, 0.25) is 0 Å². The molecule has 0 aliphatic carbocycles. The number of carbonyl (C=O) groups is 1. The lowest BCUT2D eigenvalue weighted by atomic mass is 10.1. The van der Waals surface area contributed by atoms with Crippen LogP contribution in [0.15, 0.2) is 36.4 Å². The number of carbonyl (C=O) groups excluding carboxylic acids is 1. The molecule has 1 amide bonds. The van der Waals surface area contributed by atoms with Crippen LogP contribution >= 0.6 is 0 Å². The summed E-state index contributed by atoms with van der Waals surface area (Å²) < 4.78 is 0. The number of rotatable bonds is 2. The number of phenols is 1. The average Bonchev–Trinajstić information content (AvgIpc) is 2.34. The average molecular weight is 256 g/mol. The van der Waals surface area contributed by atoms with Gasteiger partial charge in [-0.2, -0.15) is 0 Å². The van der Waals surface area contributed by atoms with Crippen LogP contribution in [0.1, 0.15) is 21.5 Å². The van der Waals surface area contributed by atoms with Crippen molar-refractivity contribution >= 4 is 17.3 Å². The zero-order valence-corrected chi connectivity index (χ0v) is 10.9. The SMILES string of the molecule is Cc1cc(O)ccc1C(=O)Nc1cccc(N)c1C. The van der Waals surface area contributed by atoms with Gasteiger partial charge in [0.25, 0.3) is 5.91 Å². The van der Waals surface area contributed by atoms with Gasteiger partial charge in [-0.3, -0.25) is 4.79 Å². The highest BCUT2D eigenvalue weighted by Crippen LogP contribution is 2.22. The van der Waals surface area contributed by atoms with Crippen molar-refractivity contribution in [3.63, 3.8) is 0 Å². The fourth-order valence-electron chi connectivity index (χ4n) is 1.88. The third-order valence-corrected chi connectivity index (χ3v) is 3.08. The Morgan fingerprint density at radius 2 is 1.95 bits per heavy atom. The molecule has 0 saturated carbocycles. The topological polar surface area (TPSA) is 75.3 Å². The Morgan fingerprint density at radius 3 is 2.63 bits per heavy atom. The summed E-state index contributed by atoms with van der Waals surface area (Å²) in [5, 5.41) is 12.2. The van der Waals surface area contributed by atoms with E-state index in [1.807, 2.05) is 6.92 Å². The predicted molar refractivity (Wildman–Crippen MR) is 76.4 cm³/mol. The number of amides is 1. The van der Waals surface area contributed by atoms with Crippen molar-refractivity contribution < 1.29 is 9.90 Å². The van der Waals surface area contributed by atoms with Crippen LogP contribution < -0.4 is 11.1 Å². The third kappa shape index (κ3) is 2.68. The van der Waals surface area contributed by atoms with E-state index < -0.39 is 0 Å². The summed E-state index contributed by atoms with van der Waals surface area (Å²) in [5.74, 6) is -0.0691. The summed E-state index contributed by atoms with van der Waals surface area (Å²) in [6.07, 6.45) is 0. The van der Waals surface area contributed by atoms with Crippen LogP contribution in [0.25, 0.3) is 0 Å². The number of hydrogen-bond donors (Lipinski definition) is 3. The number of nitrogen functional groups attached to an aromatic ring is 1. The minimum Gasteiger partial charge on any atom is -0.508 e. The number of aromatic hydroxyl groups is 1. The molecule has 0 aromatic heterocycles. The number of aryl methyl sites for hydroxylation is 1. The summed E-state index contributed by atoms with van der Waals surface area (Å²) in [6, 6.07) is 10.0. The normalized spacial score (nSPS) is 10.2. The molecule has 0 aliphatic rings. The fourth-order valence-corrected chi connectivity index (χ4v) is 1.88. The standard InChI is InChI=1S/C15H16N2O2/c1-9-8-11(18)6-7-12(9)15(19)17-14-5-3-4-13(16)10(14)2/h3-8,18H,16H2,1-2H3,(H,17,19). The lowest BCUT2D eigenvalue weighted by Gasteiger charge is -2.11. The second-order valence-corrected chi connectivity index (χ2v) is 4.47. The first-order valence-electron chi connectivity index (χ1n) is 5.95. The van der Waals surface area contributed by atoms with E-state index >= 15 is 0 Å². The first-order valence-corrected chi connectivity index (χ1v) is 5.95. The molecule has 0 radical (unpaired) electrons. The van der Waals surface area contributed by atoms with E-state index in [1.165, 1.54) is 6.07 Å². The Kier molecular flexibility index (Phi) is 3.42. The molecule has 0 spiro atoms. The number of anilines is 2. The molecule has 0 saturated heterocycles. The molecule has 0 heterocycles. The molecule has 4 nitrogen and oxygen atoms in total. The van der Waals surface area contributed by atoms with E-state index in [-0.39, 0.29) is 11.7 Å². The summed E-state index contributed by atoms with van der Waals surface area (Å²) in [5.41, 5.74) is 9.22. The van der Waals surface area contributed by atoms with Crippen LogP contribution in [-0.2, 0) is 0 Å². The van der Waals surface area contributed by atoms with Crippen molar-refractivity contribution in [2.45, 2.75) is 13.8 Å². The third-order valence-electron chi connectivity index (χ3n) is 3.08. The Bertz CT molecular complexity index is 636. The number of nitrogens with two attached hydrogens (primary N) is 1. The molecule has 4 N–H and O–H groups in total. The van der Waals surface area contributed by atoms with Crippen LogP contribution in [0.5, 0.6) is 5.75 Å². The van der Waals surface area contributed by atoms with Gasteiger partial charge in [-0.1, -0.05) is 6.07 Å². The van der Waals surface area contributed by atoms with Gasteiger partial charge in [0.05, 0.1) is 0 Å². The van der Waals surface area contributed by atoms with E-state index in [4.69, 9.17) is 5.73 Å². The Labute approximate surface area is 111 Å². The molecule has 0 fully saturated rings. The minimum atomic E-state index is -0.216. The van der Waals surface area contributed by atoms with Crippen molar-refractivity contribution in [3.05, 3.63) is 53.1 Å². The van der Waals surface area contributed by atoms with Gasteiger partial charge < -0.3 is 16.2 Å². The van der Waals surface area contributed by atoms with Gasteiger partial charge in [-0.05, 0) is 55.3 Å². The molecular weight excluding hydrogens is 240 g/mol. The summed E-state index contributed by atoms with van der Waals surface area (Å²) in [4.78, 5) is 12.2. The van der Waals surface area contributed by atoms with E-state index in [9.17, 15) is 9.90 Å². The highest BCUT2D eigenvalue weighted by atomic mass is 16.3. The fraction of sp³-hybridized carbons (Fsp3) is 0.133. The largest absolute Gasteiger partial charge is 0.508 e. The molecule has 2 aromatic rings. The van der Waals surface area contributed by atoms with Gasteiger partial charge in [0, 0.05) is 16.9 Å². The Balaban J connectivity index is 2.28. The first-order chi connectivity index (χ1) is 8.99. The minimum absolute atomic E-state index is 0.147. The molecule has 2 aromatic carbocycles. The van der Waals surface area contributed by atoms with Crippen LogP contribution in [0, 0.1) is 13.8 Å². The molecule has 0 bridgehead atoms. The van der Waals surface area contributed by atoms with Crippen molar-refractivity contribution in [3.8, 4) is 5.75 Å². The molecule has 0 aliphatic heterocycles. The van der Waals surface area contributed by atoms with Crippen LogP contribution in [0.4, 0.5) is 11.4 Å². The van der Waals surface area contributed by atoms with Crippen molar-refractivity contribution in [2.24, 2.45) is 0 Å². The van der Waals surface area contributed by atoms with E-state index in [0.29, 0.717) is 16.9 Å². The maximum absolute atomic E-state index is 12.2. The van der Waals surface area contributed by atoms with E-state index in [1.54, 1.807) is 37.3 Å². The van der Waals surface area contributed by atoms with E-state index in [2.05, 4.69) is 5.32 Å². The highest BCUT2D eigenvalue weighted by molar-refractivity contribution is 6.06. The van der Waals surface area contributed by atoms with Gasteiger partial charge in [0.1, 0.15) is 5.75 Å². The quantitative estimate of drug-likeness (QED) is 0.723. The molecular formula is C15H16N2O2. The van der Waals surface area contributed by atoms with Crippen molar-refractivity contribution in [2.75, 3.05) is 11.1 Å². The summed E-state index contributed by atoms with van der Waals surface area (Å²) >= 11 is 0. The lowest BCUT2D eigenvalue weighted by Crippen LogP contribution is -2.14. The molecule has 0 unspecified atom stereocenters. The Hall–Kier alpha value is -2.49. The molecule has 0 atom stereocenters. The predicted octanol–water partition coefficient (Wildman–Crippen LogP) is 2.84.